The molecule has 0 unspecified atom stereocenters. The Kier molecular flexibility index (Phi) is 8.20. The van der Waals surface area contributed by atoms with E-state index < -0.39 is 5.60 Å². The van der Waals surface area contributed by atoms with Gasteiger partial charge in [-0.15, -0.1) is 0 Å². The number of carbonyl (C=O) groups excluding carboxylic acids is 1. The number of aromatic nitrogens is 2. The van der Waals surface area contributed by atoms with Crippen molar-refractivity contribution in [2.75, 3.05) is 57.3 Å². The number of carbonyl (C=O) groups is 1. The Morgan fingerprint density at radius 3 is 2.42 bits per heavy atom. The van der Waals surface area contributed by atoms with Gasteiger partial charge in [-0.05, 0) is 72.5 Å². The summed E-state index contributed by atoms with van der Waals surface area (Å²) in [6, 6.07) is 2.25. The molecular formula is C26H41N7O3. The highest BCUT2D eigenvalue weighted by molar-refractivity contribution is 5.68. The summed E-state index contributed by atoms with van der Waals surface area (Å²) in [6.07, 6.45) is 5.60. The molecule has 0 aliphatic carbocycles. The van der Waals surface area contributed by atoms with Crippen LogP contribution in [-0.4, -0.2) is 89.4 Å². The van der Waals surface area contributed by atoms with E-state index in [1.54, 1.807) is 11.0 Å². The first-order valence-electron chi connectivity index (χ1n) is 13.3. The summed E-state index contributed by atoms with van der Waals surface area (Å²) in [5.74, 6) is 0.979. The quantitative estimate of drug-likeness (QED) is 0.669. The predicted molar refractivity (Wildman–Crippen MR) is 137 cm³/mol. The van der Waals surface area contributed by atoms with Crippen molar-refractivity contribution < 1.29 is 14.3 Å². The van der Waals surface area contributed by atoms with Crippen molar-refractivity contribution in [1.82, 2.24) is 25.1 Å². The summed E-state index contributed by atoms with van der Waals surface area (Å²) in [6.45, 7) is 14.6. The van der Waals surface area contributed by atoms with Gasteiger partial charge in [0.15, 0.2) is 0 Å². The molecule has 4 aliphatic heterocycles. The summed E-state index contributed by atoms with van der Waals surface area (Å²) in [4.78, 5) is 28.9. The van der Waals surface area contributed by atoms with E-state index in [2.05, 4.69) is 15.1 Å². The van der Waals surface area contributed by atoms with E-state index in [0.29, 0.717) is 25.7 Å². The maximum Gasteiger partial charge on any atom is 0.410 e. The second-order valence-electron chi connectivity index (χ2n) is 11.1. The zero-order valence-electron chi connectivity index (χ0n) is 22.3. The minimum Gasteiger partial charge on any atom is -0.461 e. The van der Waals surface area contributed by atoms with Crippen molar-refractivity contribution in [2.45, 2.75) is 77.5 Å². The molecule has 1 aromatic heterocycles. The van der Waals surface area contributed by atoms with Crippen molar-refractivity contribution in [3.8, 4) is 12.1 Å². The van der Waals surface area contributed by atoms with E-state index in [9.17, 15) is 4.79 Å². The molecule has 4 aliphatic rings. The van der Waals surface area contributed by atoms with Gasteiger partial charge < -0.3 is 24.6 Å². The number of hydrogen-bond acceptors (Lipinski definition) is 9. The van der Waals surface area contributed by atoms with Crippen LogP contribution in [0.4, 0.5) is 10.6 Å². The number of rotatable bonds is 4. The number of nitrogens with zero attached hydrogens (tertiary/aromatic N) is 6. The summed E-state index contributed by atoms with van der Waals surface area (Å²) >= 11 is 0. The van der Waals surface area contributed by atoms with Gasteiger partial charge in [0, 0.05) is 45.2 Å². The van der Waals surface area contributed by atoms with Crippen molar-refractivity contribution in [3.05, 3.63) is 11.3 Å². The molecule has 0 atom stereocenters. The van der Waals surface area contributed by atoms with Crippen LogP contribution >= 0.6 is 0 Å². The maximum atomic E-state index is 12.5. The molecule has 10 nitrogen and oxygen atoms in total. The topological polar surface area (TPSA) is 107 Å². The Morgan fingerprint density at radius 1 is 1.11 bits per heavy atom. The van der Waals surface area contributed by atoms with Gasteiger partial charge in [-0.1, -0.05) is 0 Å². The van der Waals surface area contributed by atoms with Crippen LogP contribution in [-0.2, 0) is 17.7 Å². The van der Waals surface area contributed by atoms with Crippen LogP contribution in [0, 0.1) is 11.3 Å². The Labute approximate surface area is 214 Å². The van der Waals surface area contributed by atoms with Crippen molar-refractivity contribution in [3.63, 3.8) is 0 Å². The lowest BCUT2D eigenvalue weighted by Crippen LogP contribution is -2.50. The fourth-order valence-corrected chi connectivity index (χ4v) is 5.73. The molecule has 0 bridgehead atoms. The van der Waals surface area contributed by atoms with Crippen LogP contribution < -0.4 is 15.0 Å². The van der Waals surface area contributed by atoms with Gasteiger partial charge in [-0.3, -0.25) is 4.90 Å². The standard InChI is InChI=1S/C24H38N6O3.C2H3N/c1-23(2,3)33-22(31)29-14-12-28(13-15-29)20-18-6-9-25-16-19(18)26-21(27-20)32-17-24-7-4-10-30(24)11-5-8-24;1-2-3/h25H,4-17H2,1-3H3;1H3. The smallest absolute Gasteiger partial charge is 0.410 e. The van der Waals surface area contributed by atoms with Crippen LogP contribution in [0.1, 0.15) is 64.6 Å². The molecule has 5 heterocycles. The maximum absolute atomic E-state index is 12.5. The van der Waals surface area contributed by atoms with Crippen molar-refractivity contribution in [1.29, 1.82) is 5.26 Å². The van der Waals surface area contributed by atoms with Crippen molar-refractivity contribution in [2.24, 2.45) is 0 Å². The molecule has 0 saturated carbocycles. The number of anilines is 1. The summed E-state index contributed by atoms with van der Waals surface area (Å²) in [5, 5.41) is 10.8. The van der Waals surface area contributed by atoms with Crippen LogP contribution in [0.3, 0.4) is 0 Å². The Hall–Kier alpha value is -2.64. The zero-order chi connectivity index (χ0) is 25.8. The number of nitriles is 1. The predicted octanol–water partition coefficient (Wildman–Crippen LogP) is 2.72. The highest BCUT2D eigenvalue weighted by Gasteiger charge is 2.45. The first kappa shape index (κ1) is 26.4. The average molecular weight is 500 g/mol. The number of fused-ring (bicyclic) bond motifs is 2. The van der Waals surface area contributed by atoms with E-state index in [1.807, 2.05) is 20.8 Å². The number of hydrogen-bond donors (Lipinski definition) is 1. The summed E-state index contributed by atoms with van der Waals surface area (Å²) in [5.41, 5.74) is 1.96. The zero-order valence-corrected chi connectivity index (χ0v) is 22.3. The van der Waals surface area contributed by atoms with Gasteiger partial charge >= 0.3 is 12.1 Å². The van der Waals surface area contributed by atoms with Gasteiger partial charge in [0.2, 0.25) is 0 Å². The van der Waals surface area contributed by atoms with Crippen LogP contribution in [0.15, 0.2) is 0 Å². The third-order valence-corrected chi connectivity index (χ3v) is 7.41. The number of piperazine rings is 1. The average Bonchev–Trinajstić information content (AvgIpc) is 3.42. The lowest BCUT2D eigenvalue weighted by atomic mass is 9.95. The highest BCUT2D eigenvalue weighted by Crippen LogP contribution is 2.39. The molecule has 0 radical (unpaired) electrons. The normalized spacial score (nSPS) is 21.1. The van der Waals surface area contributed by atoms with E-state index in [4.69, 9.17) is 24.7 Å². The Bertz CT molecular complexity index is 954. The molecule has 1 amide bonds. The SMILES string of the molecule is CC#N.CC(C)(C)OC(=O)N1CCN(c2nc(OCC34CCCN3CCC4)nc3c2CCNC3)CC1. The minimum absolute atomic E-state index is 0.177. The van der Waals surface area contributed by atoms with E-state index in [-0.39, 0.29) is 11.6 Å². The summed E-state index contributed by atoms with van der Waals surface area (Å²) in [7, 11) is 0. The van der Waals surface area contributed by atoms with Crippen LogP contribution in [0.5, 0.6) is 6.01 Å². The molecule has 1 N–H and O–H groups in total. The first-order valence-corrected chi connectivity index (χ1v) is 13.3. The fraction of sp³-hybridized carbons (Fsp3) is 0.769. The molecule has 1 aromatic rings. The lowest BCUT2D eigenvalue weighted by Gasteiger charge is -2.37. The molecule has 36 heavy (non-hydrogen) atoms. The fourth-order valence-electron chi connectivity index (χ4n) is 5.73. The molecular weight excluding hydrogens is 458 g/mol. The van der Waals surface area contributed by atoms with Gasteiger partial charge in [0.05, 0.1) is 17.3 Å². The molecule has 5 rings (SSSR count). The van der Waals surface area contributed by atoms with Gasteiger partial charge in [0.25, 0.3) is 0 Å². The third kappa shape index (κ3) is 6.01. The van der Waals surface area contributed by atoms with E-state index >= 15 is 0 Å². The molecule has 0 spiro atoms. The Balaban J connectivity index is 0.000000967. The second kappa shape index (κ2) is 11.2. The van der Waals surface area contributed by atoms with Crippen LogP contribution in [0.25, 0.3) is 0 Å². The molecule has 3 saturated heterocycles. The van der Waals surface area contributed by atoms with Crippen LogP contribution in [0.2, 0.25) is 0 Å². The van der Waals surface area contributed by atoms with Gasteiger partial charge in [0.1, 0.15) is 18.0 Å². The Morgan fingerprint density at radius 2 is 1.78 bits per heavy atom. The van der Waals surface area contributed by atoms with Crippen molar-refractivity contribution >= 4 is 11.9 Å². The van der Waals surface area contributed by atoms with Gasteiger partial charge in [-0.2, -0.15) is 15.2 Å². The molecule has 0 aromatic carbocycles. The lowest BCUT2D eigenvalue weighted by molar-refractivity contribution is 0.0240. The summed E-state index contributed by atoms with van der Waals surface area (Å²) < 4.78 is 11.9. The van der Waals surface area contributed by atoms with E-state index in [1.165, 1.54) is 51.3 Å². The first-order chi connectivity index (χ1) is 17.2. The molecule has 3 fully saturated rings. The van der Waals surface area contributed by atoms with E-state index in [0.717, 1.165) is 44.1 Å². The number of ether oxygens (including phenoxy) is 2. The largest absolute Gasteiger partial charge is 0.461 e. The minimum atomic E-state index is -0.479. The molecule has 198 valence electrons. The number of amides is 1. The second-order valence-corrected chi connectivity index (χ2v) is 11.1. The molecule has 10 heteroatoms. The monoisotopic (exact) mass is 499 g/mol. The van der Waals surface area contributed by atoms with Gasteiger partial charge in [-0.25, -0.2) is 4.79 Å². The highest BCUT2D eigenvalue weighted by atomic mass is 16.6. The number of nitrogens with one attached hydrogen (secondary N) is 1. The third-order valence-electron chi connectivity index (χ3n) is 7.41.